The van der Waals surface area contributed by atoms with Gasteiger partial charge in [0.05, 0.1) is 13.2 Å². The Labute approximate surface area is 183 Å². The summed E-state index contributed by atoms with van der Waals surface area (Å²) in [7, 11) is 1.47. The Morgan fingerprint density at radius 1 is 1.20 bits per heavy atom. The third-order valence-electron chi connectivity index (χ3n) is 9.91. The van der Waals surface area contributed by atoms with Crippen LogP contribution in [0.1, 0.15) is 91.4 Å². The van der Waals surface area contributed by atoms with E-state index in [1.165, 1.54) is 45.6 Å². The van der Waals surface area contributed by atoms with Gasteiger partial charge in [-0.25, -0.2) is 0 Å². The Morgan fingerprint density at radius 3 is 2.77 bits per heavy atom. The first-order chi connectivity index (χ1) is 14.3. The first-order valence-electron chi connectivity index (χ1n) is 12.4. The van der Waals surface area contributed by atoms with E-state index in [0.717, 1.165) is 43.4 Å². The van der Waals surface area contributed by atoms with E-state index in [1.807, 2.05) is 0 Å². The van der Waals surface area contributed by atoms with Gasteiger partial charge in [0.15, 0.2) is 0 Å². The molecule has 4 rings (SSSR count). The summed E-state index contributed by atoms with van der Waals surface area (Å²) < 4.78 is 4.77. The Kier molecular flexibility index (Phi) is 6.23. The molecule has 7 atom stereocenters. The van der Waals surface area contributed by atoms with Gasteiger partial charge in [0.1, 0.15) is 0 Å². The van der Waals surface area contributed by atoms with Crippen LogP contribution in [0.25, 0.3) is 0 Å². The molecule has 0 bridgehead atoms. The standard InChI is InChI=1S/C27H42O3/c1-18(7-5-6-8-25(29)30-4)22-11-12-23-21-10-9-19-17-20(28)13-15-26(19,2)24(21)14-16-27(22,23)3/h7,9,20-24,28H,5-6,8,10-17H2,1-4H3/t20-,21?,22+,23?,24?,26-,27+/m0/s1. The third-order valence-corrected chi connectivity index (χ3v) is 9.91. The van der Waals surface area contributed by atoms with Crippen LogP contribution < -0.4 is 0 Å². The molecule has 3 heteroatoms. The molecule has 3 fully saturated rings. The maximum Gasteiger partial charge on any atom is 0.305 e. The quantitative estimate of drug-likeness (QED) is 0.330. The molecule has 30 heavy (non-hydrogen) atoms. The molecule has 4 aliphatic rings. The summed E-state index contributed by atoms with van der Waals surface area (Å²) in [5, 5.41) is 10.2. The summed E-state index contributed by atoms with van der Waals surface area (Å²) in [5.41, 5.74) is 3.89. The SMILES string of the molecule is COC(=O)CCCC=C(C)[C@H]1CCC2C3CC=C4C[C@@H](O)CC[C@]4(C)C3CC[C@@]21C. The predicted molar refractivity (Wildman–Crippen MR) is 121 cm³/mol. The van der Waals surface area contributed by atoms with Gasteiger partial charge in [0.2, 0.25) is 0 Å². The molecule has 0 saturated heterocycles. The molecule has 3 unspecified atom stereocenters. The van der Waals surface area contributed by atoms with Crippen molar-refractivity contribution in [3.05, 3.63) is 23.3 Å². The molecule has 3 nitrogen and oxygen atoms in total. The van der Waals surface area contributed by atoms with E-state index in [1.54, 1.807) is 11.1 Å². The zero-order chi connectivity index (χ0) is 21.5. The van der Waals surface area contributed by atoms with Crippen molar-refractivity contribution in [1.82, 2.24) is 0 Å². The molecule has 0 spiro atoms. The predicted octanol–water partition coefficient (Wildman–Crippen LogP) is 6.22. The first kappa shape index (κ1) is 22.1. The van der Waals surface area contributed by atoms with Crippen molar-refractivity contribution >= 4 is 5.97 Å². The fourth-order valence-electron chi connectivity index (χ4n) is 8.21. The number of unbranched alkanes of at least 4 members (excludes halogenated alkanes) is 1. The monoisotopic (exact) mass is 414 g/mol. The van der Waals surface area contributed by atoms with Gasteiger partial charge >= 0.3 is 5.97 Å². The molecule has 4 aliphatic carbocycles. The van der Waals surface area contributed by atoms with E-state index >= 15 is 0 Å². The van der Waals surface area contributed by atoms with Gasteiger partial charge < -0.3 is 9.84 Å². The summed E-state index contributed by atoms with van der Waals surface area (Å²) in [6.07, 6.45) is 16.9. The molecule has 0 aromatic rings. The molecule has 0 aliphatic heterocycles. The highest BCUT2D eigenvalue weighted by Gasteiger charge is 2.58. The van der Waals surface area contributed by atoms with Crippen LogP contribution >= 0.6 is 0 Å². The number of aliphatic hydroxyl groups is 1. The lowest BCUT2D eigenvalue weighted by Crippen LogP contribution is -2.50. The number of ether oxygens (including phenoxy) is 1. The normalized spacial score (nSPS) is 43.3. The van der Waals surface area contributed by atoms with Crippen LogP contribution in [-0.2, 0) is 9.53 Å². The highest BCUT2D eigenvalue weighted by molar-refractivity contribution is 5.69. The molecular weight excluding hydrogens is 372 g/mol. The number of hydrogen-bond acceptors (Lipinski definition) is 3. The zero-order valence-corrected chi connectivity index (χ0v) is 19.6. The van der Waals surface area contributed by atoms with Crippen molar-refractivity contribution in [3.8, 4) is 0 Å². The fraction of sp³-hybridized carbons (Fsp3) is 0.815. The fourth-order valence-corrected chi connectivity index (χ4v) is 8.21. The average molecular weight is 415 g/mol. The second-order valence-corrected chi connectivity index (χ2v) is 11.2. The zero-order valence-electron chi connectivity index (χ0n) is 19.6. The summed E-state index contributed by atoms with van der Waals surface area (Å²) >= 11 is 0. The number of carbonyl (C=O) groups is 1. The van der Waals surface area contributed by atoms with Crippen molar-refractivity contribution in [3.63, 3.8) is 0 Å². The minimum atomic E-state index is -0.113. The van der Waals surface area contributed by atoms with Gasteiger partial charge in [-0.3, -0.25) is 4.79 Å². The highest BCUT2D eigenvalue weighted by atomic mass is 16.5. The van der Waals surface area contributed by atoms with Crippen molar-refractivity contribution < 1.29 is 14.6 Å². The minimum absolute atomic E-state index is 0.0966. The van der Waals surface area contributed by atoms with Crippen LogP contribution in [0.5, 0.6) is 0 Å². The first-order valence-corrected chi connectivity index (χ1v) is 12.4. The van der Waals surface area contributed by atoms with E-state index in [-0.39, 0.29) is 12.1 Å². The van der Waals surface area contributed by atoms with Crippen molar-refractivity contribution in [2.45, 2.75) is 97.5 Å². The van der Waals surface area contributed by atoms with Crippen molar-refractivity contribution in [2.75, 3.05) is 7.11 Å². The lowest BCUT2D eigenvalue weighted by Gasteiger charge is -2.58. The maximum absolute atomic E-state index is 11.4. The number of methoxy groups -OCH3 is 1. The molecule has 0 aromatic heterocycles. The molecule has 0 aromatic carbocycles. The minimum Gasteiger partial charge on any atom is -0.469 e. The third kappa shape index (κ3) is 3.70. The lowest BCUT2D eigenvalue weighted by atomic mass is 9.47. The summed E-state index contributed by atoms with van der Waals surface area (Å²) in [5.74, 6) is 3.07. The van der Waals surface area contributed by atoms with Crippen LogP contribution in [0.15, 0.2) is 23.3 Å². The van der Waals surface area contributed by atoms with E-state index in [0.29, 0.717) is 23.2 Å². The topological polar surface area (TPSA) is 46.5 Å². The number of allylic oxidation sites excluding steroid dienone is 3. The van der Waals surface area contributed by atoms with Gasteiger partial charge in [-0.05, 0) is 106 Å². The Bertz CT molecular complexity index is 722. The van der Waals surface area contributed by atoms with Crippen LogP contribution in [0.2, 0.25) is 0 Å². The molecule has 1 N–H and O–H groups in total. The number of hydrogen-bond donors (Lipinski definition) is 1. The smallest absolute Gasteiger partial charge is 0.305 e. The lowest BCUT2D eigenvalue weighted by molar-refractivity contribution is -0.140. The average Bonchev–Trinajstić information content (AvgIpc) is 3.08. The van der Waals surface area contributed by atoms with Crippen LogP contribution in [0.4, 0.5) is 0 Å². The second kappa shape index (κ2) is 8.45. The molecule has 0 radical (unpaired) electrons. The van der Waals surface area contributed by atoms with Gasteiger partial charge in [-0.2, -0.15) is 0 Å². The largest absolute Gasteiger partial charge is 0.469 e. The van der Waals surface area contributed by atoms with Crippen molar-refractivity contribution in [1.29, 1.82) is 0 Å². The van der Waals surface area contributed by atoms with E-state index in [4.69, 9.17) is 4.74 Å². The van der Waals surface area contributed by atoms with Gasteiger partial charge in [-0.1, -0.05) is 37.1 Å². The number of carbonyl (C=O) groups excluding carboxylic acids is 1. The molecule has 0 amide bonds. The second-order valence-electron chi connectivity index (χ2n) is 11.2. The van der Waals surface area contributed by atoms with Crippen LogP contribution in [0.3, 0.4) is 0 Å². The Morgan fingerprint density at radius 2 is 2.00 bits per heavy atom. The van der Waals surface area contributed by atoms with Gasteiger partial charge in [0, 0.05) is 6.42 Å². The van der Waals surface area contributed by atoms with E-state index in [2.05, 4.69) is 32.9 Å². The summed E-state index contributed by atoms with van der Waals surface area (Å²) in [6.45, 7) is 7.44. The van der Waals surface area contributed by atoms with Gasteiger partial charge in [0.25, 0.3) is 0 Å². The Balaban J connectivity index is 1.47. The maximum atomic E-state index is 11.4. The summed E-state index contributed by atoms with van der Waals surface area (Å²) in [6, 6.07) is 0. The number of fused-ring (bicyclic) bond motifs is 5. The van der Waals surface area contributed by atoms with Crippen LogP contribution in [-0.4, -0.2) is 24.3 Å². The van der Waals surface area contributed by atoms with E-state index < -0.39 is 0 Å². The number of aliphatic hydroxyl groups excluding tert-OH is 1. The molecular formula is C27H42O3. The number of rotatable bonds is 5. The molecule has 0 heterocycles. The molecule has 168 valence electrons. The molecule has 3 saturated carbocycles. The summed E-state index contributed by atoms with van der Waals surface area (Å²) in [4.78, 5) is 11.4. The van der Waals surface area contributed by atoms with Crippen LogP contribution in [0, 0.1) is 34.5 Å². The van der Waals surface area contributed by atoms with E-state index in [9.17, 15) is 9.90 Å². The Hall–Kier alpha value is -1.09. The van der Waals surface area contributed by atoms with Crippen molar-refractivity contribution in [2.24, 2.45) is 34.5 Å². The number of esters is 1. The highest BCUT2D eigenvalue weighted by Crippen LogP contribution is 2.67. The van der Waals surface area contributed by atoms with Gasteiger partial charge in [-0.15, -0.1) is 0 Å².